The molecule has 0 spiro atoms. The third-order valence-electron chi connectivity index (χ3n) is 3.67. The molecule has 0 aliphatic carbocycles. The number of rotatable bonds is 6. The van der Waals surface area contributed by atoms with Crippen LogP contribution >= 0.6 is 11.3 Å². The van der Waals surface area contributed by atoms with Gasteiger partial charge in [0.1, 0.15) is 6.04 Å². The maximum atomic E-state index is 12.4. The molecule has 23 heavy (non-hydrogen) atoms. The number of ether oxygens (including phenoxy) is 1. The third-order valence-corrected chi connectivity index (χ3v) is 4.48. The zero-order valence-electron chi connectivity index (χ0n) is 13.3. The highest BCUT2D eigenvalue weighted by Gasteiger charge is 2.33. The van der Waals surface area contributed by atoms with Gasteiger partial charge < -0.3 is 15.0 Å². The van der Waals surface area contributed by atoms with Crippen molar-refractivity contribution in [2.24, 2.45) is 0 Å². The van der Waals surface area contributed by atoms with Crippen LogP contribution in [0.2, 0.25) is 0 Å². The van der Waals surface area contributed by atoms with E-state index in [2.05, 4.69) is 15.0 Å². The number of thiazole rings is 1. The SMILES string of the molecule is CCCC(=O)N1CCCC1C(=O)Nc1nc(CC(=O)OC)cs1. The van der Waals surface area contributed by atoms with Crippen LogP contribution in [0.4, 0.5) is 5.13 Å². The fourth-order valence-corrected chi connectivity index (χ4v) is 3.26. The van der Waals surface area contributed by atoms with Crippen LogP contribution in [0.15, 0.2) is 5.38 Å². The average Bonchev–Trinajstić information content (AvgIpc) is 3.16. The van der Waals surface area contributed by atoms with Crippen molar-refractivity contribution in [1.29, 1.82) is 0 Å². The molecular weight excluding hydrogens is 318 g/mol. The van der Waals surface area contributed by atoms with Gasteiger partial charge in [0.25, 0.3) is 0 Å². The number of likely N-dealkylation sites (tertiary alicyclic amines) is 1. The molecule has 1 atom stereocenters. The first-order valence-corrected chi connectivity index (χ1v) is 8.54. The summed E-state index contributed by atoms with van der Waals surface area (Å²) in [4.78, 5) is 41.5. The lowest BCUT2D eigenvalue weighted by Gasteiger charge is -2.23. The Hall–Kier alpha value is -1.96. The van der Waals surface area contributed by atoms with Crippen LogP contribution < -0.4 is 5.32 Å². The van der Waals surface area contributed by atoms with Gasteiger partial charge in [-0.2, -0.15) is 0 Å². The van der Waals surface area contributed by atoms with E-state index in [0.717, 1.165) is 12.8 Å². The van der Waals surface area contributed by atoms with Gasteiger partial charge in [-0.1, -0.05) is 6.92 Å². The molecule has 0 radical (unpaired) electrons. The van der Waals surface area contributed by atoms with Gasteiger partial charge in [-0.25, -0.2) is 4.98 Å². The lowest BCUT2D eigenvalue weighted by atomic mass is 10.2. The summed E-state index contributed by atoms with van der Waals surface area (Å²) < 4.78 is 4.58. The summed E-state index contributed by atoms with van der Waals surface area (Å²) in [5.74, 6) is -0.568. The topological polar surface area (TPSA) is 88.6 Å². The number of hydrogen-bond donors (Lipinski definition) is 1. The summed E-state index contributed by atoms with van der Waals surface area (Å²) in [6.45, 7) is 2.57. The van der Waals surface area contributed by atoms with E-state index in [0.29, 0.717) is 30.2 Å². The molecule has 0 aromatic carbocycles. The van der Waals surface area contributed by atoms with Gasteiger partial charge in [0, 0.05) is 18.3 Å². The van der Waals surface area contributed by atoms with Crippen molar-refractivity contribution in [3.63, 3.8) is 0 Å². The molecule has 2 amide bonds. The minimum Gasteiger partial charge on any atom is -0.469 e. The van der Waals surface area contributed by atoms with Gasteiger partial charge in [-0.15, -0.1) is 11.3 Å². The van der Waals surface area contributed by atoms with Crippen LogP contribution in [-0.2, 0) is 25.5 Å². The molecule has 1 aromatic heterocycles. The standard InChI is InChI=1S/C15H21N3O4S/c1-3-5-12(19)18-7-4-6-11(18)14(21)17-15-16-10(9-23-15)8-13(20)22-2/h9,11H,3-8H2,1-2H3,(H,16,17,21). The van der Waals surface area contributed by atoms with Crippen molar-refractivity contribution in [1.82, 2.24) is 9.88 Å². The second kappa shape index (κ2) is 8.05. The molecule has 1 N–H and O–H groups in total. The largest absolute Gasteiger partial charge is 0.469 e. The Morgan fingerprint density at radius 1 is 1.48 bits per heavy atom. The molecule has 1 aromatic rings. The van der Waals surface area contributed by atoms with Gasteiger partial charge in [-0.05, 0) is 19.3 Å². The van der Waals surface area contributed by atoms with Crippen LogP contribution in [0.5, 0.6) is 0 Å². The van der Waals surface area contributed by atoms with Crippen molar-refractivity contribution in [2.45, 2.75) is 45.1 Å². The van der Waals surface area contributed by atoms with Gasteiger partial charge in [0.05, 0.1) is 19.2 Å². The lowest BCUT2D eigenvalue weighted by molar-refractivity contribution is -0.139. The van der Waals surface area contributed by atoms with E-state index in [1.54, 1.807) is 10.3 Å². The molecule has 1 unspecified atom stereocenters. The highest BCUT2D eigenvalue weighted by atomic mass is 32.1. The first-order chi connectivity index (χ1) is 11.0. The van der Waals surface area contributed by atoms with Crippen LogP contribution in [0.25, 0.3) is 0 Å². The number of carbonyl (C=O) groups excluding carboxylic acids is 3. The van der Waals surface area contributed by atoms with Crippen LogP contribution in [0.1, 0.15) is 38.3 Å². The van der Waals surface area contributed by atoms with E-state index in [4.69, 9.17) is 0 Å². The highest BCUT2D eigenvalue weighted by molar-refractivity contribution is 7.13. The molecule has 1 saturated heterocycles. The average molecular weight is 339 g/mol. The number of amides is 2. The monoisotopic (exact) mass is 339 g/mol. The van der Waals surface area contributed by atoms with Crippen molar-refractivity contribution < 1.29 is 19.1 Å². The highest BCUT2D eigenvalue weighted by Crippen LogP contribution is 2.22. The van der Waals surface area contributed by atoms with Crippen LogP contribution in [-0.4, -0.2) is 47.4 Å². The number of anilines is 1. The first kappa shape index (κ1) is 17.4. The van der Waals surface area contributed by atoms with E-state index < -0.39 is 6.04 Å². The number of carbonyl (C=O) groups is 3. The second-order valence-corrected chi connectivity index (χ2v) is 6.24. The summed E-state index contributed by atoms with van der Waals surface area (Å²) in [5, 5.41) is 4.89. The van der Waals surface area contributed by atoms with Crippen LogP contribution in [0, 0.1) is 0 Å². The summed E-state index contributed by atoms with van der Waals surface area (Å²) in [6, 6.07) is -0.429. The van der Waals surface area contributed by atoms with Crippen LogP contribution in [0.3, 0.4) is 0 Å². The molecule has 126 valence electrons. The summed E-state index contributed by atoms with van der Waals surface area (Å²) >= 11 is 1.25. The summed E-state index contributed by atoms with van der Waals surface area (Å²) in [7, 11) is 1.32. The molecule has 1 aliphatic rings. The fraction of sp³-hybridized carbons (Fsp3) is 0.600. The van der Waals surface area contributed by atoms with Crippen molar-refractivity contribution in [3.05, 3.63) is 11.1 Å². The first-order valence-electron chi connectivity index (χ1n) is 7.66. The number of esters is 1. The van der Waals surface area contributed by atoms with E-state index in [-0.39, 0.29) is 24.2 Å². The van der Waals surface area contributed by atoms with Gasteiger partial charge in [-0.3, -0.25) is 14.4 Å². The molecule has 0 bridgehead atoms. The second-order valence-electron chi connectivity index (χ2n) is 5.38. The van der Waals surface area contributed by atoms with Crippen molar-refractivity contribution in [2.75, 3.05) is 19.0 Å². The maximum absolute atomic E-state index is 12.4. The summed E-state index contributed by atoms with van der Waals surface area (Å²) in [5.41, 5.74) is 0.558. The van der Waals surface area contributed by atoms with E-state index in [1.807, 2.05) is 6.92 Å². The number of nitrogens with one attached hydrogen (secondary N) is 1. The predicted molar refractivity (Wildman–Crippen MR) is 86.1 cm³/mol. The fourth-order valence-electron chi connectivity index (χ4n) is 2.55. The molecule has 1 aliphatic heterocycles. The van der Waals surface area contributed by atoms with E-state index in [1.165, 1.54) is 18.4 Å². The minimum absolute atomic E-state index is 0.0238. The smallest absolute Gasteiger partial charge is 0.311 e. The number of aromatic nitrogens is 1. The molecule has 1 fully saturated rings. The van der Waals surface area contributed by atoms with Crippen molar-refractivity contribution >= 4 is 34.3 Å². The number of nitrogens with zero attached hydrogens (tertiary/aromatic N) is 2. The zero-order valence-corrected chi connectivity index (χ0v) is 14.1. The zero-order chi connectivity index (χ0) is 16.8. The third kappa shape index (κ3) is 4.51. The molecule has 7 nitrogen and oxygen atoms in total. The Kier molecular flexibility index (Phi) is 6.09. The van der Waals surface area contributed by atoms with E-state index >= 15 is 0 Å². The minimum atomic E-state index is -0.429. The summed E-state index contributed by atoms with van der Waals surface area (Å²) in [6.07, 6.45) is 2.81. The molecule has 2 rings (SSSR count). The number of methoxy groups -OCH3 is 1. The quantitative estimate of drug-likeness (QED) is 0.795. The number of hydrogen-bond acceptors (Lipinski definition) is 6. The maximum Gasteiger partial charge on any atom is 0.311 e. The van der Waals surface area contributed by atoms with Gasteiger partial charge in [0.2, 0.25) is 11.8 Å². The Morgan fingerprint density at radius 2 is 2.26 bits per heavy atom. The van der Waals surface area contributed by atoms with E-state index in [9.17, 15) is 14.4 Å². The Labute approximate surface area is 139 Å². The molecular formula is C15H21N3O4S. The lowest BCUT2D eigenvalue weighted by Crippen LogP contribution is -2.43. The molecule has 8 heteroatoms. The van der Waals surface area contributed by atoms with Gasteiger partial charge in [0.15, 0.2) is 5.13 Å². The normalized spacial score (nSPS) is 17.1. The Bertz CT molecular complexity index is 587. The Morgan fingerprint density at radius 3 is 2.96 bits per heavy atom. The Balaban J connectivity index is 1.95. The molecule has 0 saturated carbocycles. The van der Waals surface area contributed by atoms with Gasteiger partial charge >= 0.3 is 5.97 Å². The predicted octanol–water partition coefficient (Wildman–Crippen LogP) is 1.59. The van der Waals surface area contributed by atoms with Crippen molar-refractivity contribution in [3.8, 4) is 0 Å². The molecule has 2 heterocycles.